The average Bonchev–Trinajstić information content (AvgIpc) is 2.65. The lowest BCUT2D eigenvalue weighted by Gasteiger charge is -2.37. The van der Waals surface area contributed by atoms with Crippen molar-refractivity contribution >= 4 is 17.5 Å². The number of piperidine rings is 1. The van der Waals surface area contributed by atoms with Crippen LogP contribution in [0.3, 0.4) is 0 Å². The van der Waals surface area contributed by atoms with Crippen LogP contribution in [0.15, 0.2) is 0 Å². The fourth-order valence-corrected chi connectivity index (χ4v) is 3.02. The number of rotatable bonds is 1. The first-order valence-corrected chi connectivity index (χ1v) is 7.10. The van der Waals surface area contributed by atoms with Gasteiger partial charge in [-0.25, -0.2) is 4.79 Å². The molecule has 19 heavy (non-hydrogen) atoms. The molecule has 0 bridgehead atoms. The van der Waals surface area contributed by atoms with Crippen molar-refractivity contribution in [3.63, 3.8) is 0 Å². The zero-order valence-electron chi connectivity index (χ0n) is 11.1. The van der Waals surface area contributed by atoms with Crippen molar-refractivity contribution in [2.45, 2.75) is 38.6 Å². The van der Waals surface area contributed by atoms with Crippen LogP contribution in [0.25, 0.3) is 0 Å². The van der Waals surface area contributed by atoms with Crippen molar-refractivity contribution in [2.24, 2.45) is 5.92 Å². The molecular weight excluding hydrogens is 277 g/mol. The van der Waals surface area contributed by atoms with Gasteiger partial charge in [-0.1, -0.05) is 0 Å². The minimum absolute atomic E-state index is 0.174. The molecule has 0 aromatic rings. The molecule has 110 valence electrons. The lowest BCUT2D eigenvalue weighted by atomic mass is 9.94. The number of amides is 1. The Bertz CT molecular complexity index is 386. The second-order valence-corrected chi connectivity index (χ2v) is 6.49. The van der Waals surface area contributed by atoms with E-state index in [1.807, 2.05) is 0 Å². The van der Waals surface area contributed by atoms with Crippen LogP contribution in [0.5, 0.6) is 0 Å². The molecule has 2 aliphatic heterocycles. The second kappa shape index (κ2) is 5.34. The maximum absolute atomic E-state index is 13.0. The fraction of sp³-hybridized carbons (Fsp3) is 0.909. The maximum atomic E-state index is 13.0. The summed E-state index contributed by atoms with van der Waals surface area (Å²) in [6.45, 7) is 4.98. The van der Waals surface area contributed by atoms with Gasteiger partial charge in [-0.2, -0.15) is 4.21 Å². The summed E-state index contributed by atoms with van der Waals surface area (Å²) in [5, 5.41) is 0. The fourth-order valence-electron chi connectivity index (χ4n) is 2.14. The number of hydrogen-bond donors (Lipinski definition) is 0. The molecule has 2 heterocycles. The zero-order chi connectivity index (χ0) is 14.2. The Morgan fingerprint density at radius 1 is 1.42 bits per heavy atom. The van der Waals surface area contributed by atoms with Gasteiger partial charge >= 0.3 is 17.5 Å². The summed E-state index contributed by atoms with van der Waals surface area (Å²) in [4.78, 5) is 13.3. The van der Waals surface area contributed by atoms with Crippen LogP contribution in [0, 0.1) is 5.92 Å². The smallest absolute Gasteiger partial charge is 0.410 e. The van der Waals surface area contributed by atoms with Crippen LogP contribution in [-0.4, -0.2) is 52.8 Å². The Labute approximate surface area is 114 Å². The first kappa shape index (κ1) is 14.7. The summed E-state index contributed by atoms with van der Waals surface area (Å²) >= 11 is -1.86. The van der Waals surface area contributed by atoms with Crippen molar-refractivity contribution in [3.8, 4) is 0 Å². The van der Waals surface area contributed by atoms with Crippen molar-refractivity contribution in [1.29, 1.82) is 0 Å². The molecule has 0 radical (unpaired) electrons. The highest BCUT2D eigenvalue weighted by Gasteiger charge is 2.47. The minimum Gasteiger partial charge on any atom is -0.444 e. The number of halogens is 1. The minimum atomic E-state index is -1.86. The number of hydrogen-bond acceptors (Lipinski definition) is 5. The highest BCUT2D eigenvalue weighted by Crippen LogP contribution is 2.30. The third kappa shape index (κ3) is 3.43. The summed E-state index contributed by atoms with van der Waals surface area (Å²) in [5.74, 6) is -0.544. The van der Waals surface area contributed by atoms with E-state index in [2.05, 4.69) is 0 Å². The molecule has 2 fully saturated rings. The van der Waals surface area contributed by atoms with E-state index in [9.17, 15) is 13.4 Å². The molecule has 0 spiro atoms. The van der Waals surface area contributed by atoms with E-state index < -0.39 is 47.9 Å². The summed E-state index contributed by atoms with van der Waals surface area (Å²) in [7, 11) is 0. The number of fused-ring (bicyclic) bond motifs is 1. The summed E-state index contributed by atoms with van der Waals surface area (Å²) < 4.78 is 39.5. The molecule has 6 nitrogen and oxygen atoms in total. The van der Waals surface area contributed by atoms with E-state index in [1.54, 1.807) is 20.8 Å². The van der Waals surface area contributed by atoms with E-state index in [0.29, 0.717) is 0 Å². The first-order chi connectivity index (χ1) is 8.80. The molecular formula is C11H18FNO5S. The van der Waals surface area contributed by atoms with Gasteiger partial charge < -0.3 is 9.64 Å². The standard InChI is InChI=1S/C11H18FNO5S/c1-11(2,3)16-10(14)13-5-7(4-12)9-8(6-13)17-19(15)18-9/h7-9H,4-6H2,1-3H3/t7?,8?,9-,19?/m1/s1. The molecule has 8 heteroatoms. The van der Waals surface area contributed by atoms with Crippen molar-refractivity contribution in [2.75, 3.05) is 19.8 Å². The van der Waals surface area contributed by atoms with Gasteiger partial charge in [0, 0.05) is 12.5 Å². The van der Waals surface area contributed by atoms with Crippen LogP contribution in [0.4, 0.5) is 9.18 Å². The molecule has 2 rings (SSSR count). The molecule has 3 unspecified atom stereocenters. The van der Waals surface area contributed by atoms with E-state index in [-0.39, 0.29) is 13.1 Å². The first-order valence-electron chi connectivity index (χ1n) is 6.10. The van der Waals surface area contributed by atoms with Crippen LogP contribution < -0.4 is 0 Å². The number of ether oxygens (including phenoxy) is 1. The van der Waals surface area contributed by atoms with Gasteiger partial charge in [-0.15, -0.1) is 0 Å². The lowest BCUT2D eigenvalue weighted by molar-refractivity contribution is -0.0249. The van der Waals surface area contributed by atoms with Crippen molar-refractivity contribution in [1.82, 2.24) is 4.90 Å². The SMILES string of the molecule is CC(C)(C)OC(=O)N1CC(CF)[C@H]2OS(=O)OC2C1. The second-order valence-electron chi connectivity index (χ2n) is 5.70. The molecule has 0 saturated carbocycles. The monoisotopic (exact) mass is 295 g/mol. The highest BCUT2D eigenvalue weighted by molar-refractivity contribution is 7.75. The molecule has 1 amide bonds. The number of likely N-dealkylation sites (tertiary alicyclic amines) is 1. The van der Waals surface area contributed by atoms with Crippen LogP contribution >= 0.6 is 0 Å². The van der Waals surface area contributed by atoms with Gasteiger partial charge in [0.25, 0.3) is 0 Å². The predicted molar refractivity (Wildman–Crippen MR) is 65.2 cm³/mol. The molecule has 2 aliphatic rings. The summed E-state index contributed by atoms with van der Waals surface area (Å²) in [6, 6.07) is 0. The Morgan fingerprint density at radius 2 is 2.11 bits per heavy atom. The summed E-state index contributed by atoms with van der Waals surface area (Å²) in [6.07, 6.45) is -1.65. The topological polar surface area (TPSA) is 65.1 Å². The normalized spacial score (nSPS) is 35.1. The Morgan fingerprint density at radius 3 is 2.68 bits per heavy atom. The van der Waals surface area contributed by atoms with Gasteiger partial charge in [-0.05, 0) is 20.8 Å². The van der Waals surface area contributed by atoms with Crippen LogP contribution in [-0.2, 0) is 24.5 Å². The molecule has 0 aromatic heterocycles. The van der Waals surface area contributed by atoms with E-state index in [1.165, 1.54) is 4.90 Å². The number of carbonyl (C=O) groups excluding carboxylic acids is 1. The van der Waals surface area contributed by atoms with E-state index in [4.69, 9.17) is 13.1 Å². The molecule has 0 N–H and O–H groups in total. The number of nitrogens with zero attached hydrogens (tertiary/aromatic N) is 1. The molecule has 0 aliphatic carbocycles. The van der Waals surface area contributed by atoms with Crippen molar-refractivity contribution in [3.05, 3.63) is 0 Å². The van der Waals surface area contributed by atoms with Gasteiger partial charge in [-0.3, -0.25) is 12.8 Å². The number of carbonyl (C=O) groups is 1. The lowest BCUT2D eigenvalue weighted by Crippen LogP contribution is -2.54. The maximum Gasteiger partial charge on any atom is 0.410 e. The average molecular weight is 295 g/mol. The molecule has 2 saturated heterocycles. The third-order valence-corrected chi connectivity index (χ3v) is 3.71. The van der Waals surface area contributed by atoms with Crippen LogP contribution in [0.1, 0.15) is 20.8 Å². The largest absolute Gasteiger partial charge is 0.444 e. The third-order valence-electron chi connectivity index (χ3n) is 2.93. The Kier molecular flexibility index (Phi) is 4.12. The van der Waals surface area contributed by atoms with Gasteiger partial charge in [0.15, 0.2) is 0 Å². The van der Waals surface area contributed by atoms with Crippen molar-refractivity contribution < 1.29 is 26.5 Å². The Hall–Kier alpha value is -0.730. The van der Waals surface area contributed by atoms with Gasteiger partial charge in [0.1, 0.15) is 17.8 Å². The molecule has 0 aromatic carbocycles. The highest BCUT2D eigenvalue weighted by atomic mass is 32.2. The van der Waals surface area contributed by atoms with Gasteiger partial charge in [0.05, 0.1) is 13.2 Å². The van der Waals surface area contributed by atoms with E-state index >= 15 is 0 Å². The predicted octanol–water partition coefficient (Wildman–Crippen LogP) is 1.19. The molecule has 4 atom stereocenters. The van der Waals surface area contributed by atoms with E-state index in [0.717, 1.165) is 0 Å². The van der Waals surface area contributed by atoms with Gasteiger partial charge in [0.2, 0.25) is 0 Å². The Balaban J connectivity index is 2.04. The zero-order valence-corrected chi connectivity index (χ0v) is 11.9. The van der Waals surface area contributed by atoms with Crippen LogP contribution in [0.2, 0.25) is 0 Å². The number of alkyl halides is 1. The summed E-state index contributed by atoms with van der Waals surface area (Å²) in [5.41, 5.74) is -0.616. The quantitative estimate of drug-likeness (QED) is 0.727.